The van der Waals surface area contributed by atoms with E-state index in [1.165, 1.54) is 57.8 Å². The Morgan fingerprint density at radius 1 is 1.29 bits per heavy atom. The third-order valence-electron chi connectivity index (χ3n) is 3.48. The van der Waals surface area contributed by atoms with Crippen LogP contribution in [0.4, 0.5) is 0 Å². The molecule has 1 rings (SSSR count). The average Bonchev–Trinajstić information content (AvgIpc) is 2.14. The summed E-state index contributed by atoms with van der Waals surface area (Å²) in [4.78, 5) is 0. The van der Waals surface area contributed by atoms with E-state index in [1.807, 2.05) is 0 Å². The third kappa shape index (κ3) is 4.43. The molecule has 1 saturated carbocycles. The Morgan fingerprint density at radius 3 is 2.57 bits per heavy atom. The molecule has 0 heterocycles. The molecular weight excluding hydrogens is 172 g/mol. The molecule has 1 fully saturated rings. The van der Waals surface area contributed by atoms with Crippen molar-refractivity contribution < 1.29 is 0 Å². The molecule has 0 aromatic heterocycles. The van der Waals surface area contributed by atoms with Crippen molar-refractivity contribution in [3.63, 3.8) is 0 Å². The van der Waals surface area contributed by atoms with Gasteiger partial charge in [-0.15, -0.1) is 0 Å². The van der Waals surface area contributed by atoms with Gasteiger partial charge in [-0.25, -0.2) is 0 Å². The van der Waals surface area contributed by atoms with E-state index >= 15 is 0 Å². The van der Waals surface area contributed by atoms with Gasteiger partial charge in [-0.3, -0.25) is 11.3 Å². The van der Waals surface area contributed by atoms with Crippen LogP contribution < -0.4 is 11.3 Å². The molecule has 0 aromatic rings. The highest BCUT2D eigenvalue weighted by Crippen LogP contribution is 2.31. The van der Waals surface area contributed by atoms with Gasteiger partial charge in [0.1, 0.15) is 0 Å². The van der Waals surface area contributed by atoms with E-state index in [-0.39, 0.29) is 0 Å². The smallest absolute Gasteiger partial charge is 0.0213 e. The van der Waals surface area contributed by atoms with Gasteiger partial charge >= 0.3 is 0 Å². The van der Waals surface area contributed by atoms with Gasteiger partial charge in [0, 0.05) is 6.04 Å². The lowest BCUT2D eigenvalue weighted by Crippen LogP contribution is -2.37. The number of rotatable bonds is 8. The number of unbranched alkanes of at least 4 members (excludes halogenated alkanes) is 3. The summed E-state index contributed by atoms with van der Waals surface area (Å²) in [6.07, 6.45) is 12.3. The van der Waals surface area contributed by atoms with Crippen molar-refractivity contribution in [2.45, 2.75) is 70.8 Å². The second-order valence-corrected chi connectivity index (χ2v) is 4.75. The van der Waals surface area contributed by atoms with Gasteiger partial charge in [-0.1, -0.05) is 51.9 Å². The van der Waals surface area contributed by atoms with Crippen LogP contribution in [0.1, 0.15) is 64.7 Å². The van der Waals surface area contributed by atoms with Crippen molar-refractivity contribution in [3.8, 4) is 0 Å². The molecule has 0 bridgehead atoms. The highest BCUT2D eigenvalue weighted by atomic mass is 15.2. The molecule has 1 atom stereocenters. The molecule has 1 unspecified atom stereocenters. The second kappa shape index (κ2) is 7.24. The zero-order valence-corrected chi connectivity index (χ0v) is 9.60. The Hall–Kier alpha value is -0.0800. The average molecular weight is 198 g/mol. The maximum Gasteiger partial charge on any atom is 0.0213 e. The molecule has 84 valence electrons. The summed E-state index contributed by atoms with van der Waals surface area (Å²) in [5.74, 6) is 6.54. The first-order valence-electron chi connectivity index (χ1n) is 6.33. The van der Waals surface area contributed by atoms with Gasteiger partial charge in [0.15, 0.2) is 0 Å². The normalized spacial score (nSPS) is 19.3. The summed E-state index contributed by atoms with van der Waals surface area (Å²) in [7, 11) is 0. The van der Waals surface area contributed by atoms with Crippen LogP contribution in [0.5, 0.6) is 0 Å². The first-order chi connectivity index (χ1) is 6.86. The van der Waals surface area contributed by atoms with Gasteiger partial charge in [0.25, 0.3) is 0 Å². The summed E-state index contributed by atoms with van der Waals surface area (Å²) in [6, 6.07) is 0.581. The minimum Gasteiger partial charge on any atom is -0.271 e. The van der Waals surface area contributed by atoms with E-state index in [2.05, 4.69) is 12.3 Å². The van der Waals surface area contributed by atoms with Crippen molar-refractivity contribution in [2.24, 2.45) is 11.8 Å². The SMILES string of the molecule is CCCCCCC(CC1CCC1)NN. The molecule has 2 nitrogen and oxygen atoms in total. The Balaban J connectivity index is 1.99. The van der Waals surface area contributed by atoms with Crippen LogP contribution in [0, 0.1) is 5.92 Å². The lowest BCUT2D eigenvalue weighted by atomic mass is 9.80. The van der Waals surface area contributed by atoms with Crippen molar-refractivity contribution in [2.75, 3.05) is 0 Å². The highest BCUT2D eigenvalue weighted by molar-refractivity contribution is 4.76. The van der Waals surface area contributed by atoms with Gasteiger partial charge in [-0.2, -0.15) is 0 Å². The summed E-state index contributed by atoms with van der Waals surface area (Å²) < 4.78 is 0. The molecule has 0 spiro atoms. The first-order valence-corrected chi connectivity index (χ1v) is 6.33. The summed E-state index contributed by atoms with van der Waals surface area (Å²) >= 11 is 0. The molecule has 1 aliphatic carbocycles. The third-order valence-corrected chi connectivity index (χ3v) is 3.48. The zero-order valence-electron chi connectivity index (χ0n) is 9.60. The van der Waals surface area contributed by atoms with E-state index in [0.29, 0.717) is 6.04 Å². The minimum atomic E-state index is 0.581. The fourth-order valence-electron chi connectivity index (χ4n) is 2.22. The highest BCUT2D eigenvalue weighted by Gasteiger charge is 2.20. The lowest BCUT2D eigenvalue weighted by molar-refractivity contribution is 0.252. The van der Waals surface area contributed by atoms with Crippen molar-refractivity contribution >= 4 is 0 Å². The standard InChI is InChI=1S/C12H26N2/c1-2-3-4-5-9-12(14-13)10-11-7-6-8-11/h11-12,14H,2-10,13H2,1H3. The van der Waals surface area contributed by atoms with Crippen LogP contribution in [0.3, 0.4) is 0 Å². The van der Waals surface area contributed by atoms with Crippen molar-refractivity contribution in [1.82, 2.24) is 5.43 Å². The molecule has 3 N–H and O–H groups in total. The monoisotopic (exact) mass is 198 g/mol. The molecule has 0 aliphatic heterocycles. The van der Waals surface area contributed by atoms with Crippen LogP contribution in [0.15, 0.2) is 0 Å². The molecule has 1 aliphatic rings. The van der Waals surface area contributed by atoms with Gasteiger partial charge in [0.2, 0.25) is 0 Å². The van der Waals surface area contributed by atoms with Crippen LogP contribution in [0.2, 0.25) is 0 Å². The fourth-order valence-corrected chi connectivity index (χ4v) is 2.22. The quantitative estimate of drug-likeness (QED) is 0.357. The summed E-state index contributed by atoms with van der Waals surface area (Å²) in [6.45, 7) is 2.26. The molecule has 0 saturated heterocycles. The predicted octanol–water partition coefficient (Wildman–Crippen LogP) is 2.98. The van der Waals surface area contributed by atoms with E-state index in [0.717, 1.165) is 5.92 Å². The Labute approximate surface area is 88.6 Å². The zero-order chi connectivity index (χ0) is 10.2. The second-order valence-electron chi connectivity index (χ2n) is 4.75. The lowest BCUT2D eigenvalue weighted by Gasteiger charge is -2.29. The van der Waals surface area contributed by atoms with E-state index in [4.69, 9.17) is 5.84 Å². The molecule has 0 radical (unpaired) electrons. The van der Waals surface area contributed by atoms with Crippen molar-refractivity contribution in [3.05, 3.63) is 0 Å². The van der Waals surface area contributed by atoms with Crippen molar-refractivity contribution in [1.29, 1.82) is 0 Å². The number of hydrogen-bond acceptors (Lipinski definition) is 2. The molecule has 2 heteroatoms. The number of hydrazine groups is 1. The Morgan fingerprint density at radius 2 is 2.07 bits per heavy atom. The van der Waals surface area contributed by atoms with Crippen LogP contribution in [0.25, 0.3) is 0 Å². The molecule has 14 heavy (non-hydrogen) atoms. The number of nitrogens with one attached hydrogen (secondary N) is 1. The van der Waals surface area contributed by atoms with Gasteiger partial charge in [0.05, 0.1) is 0 Å². The molecular formula is C12H26N2. The summed E-state index contributed by atoms with van der Waals surface area (Å²) in [5.41, 5.74) is 2.98. The maximum absolute atomic E-state index is 5.56. The number of hydrogen-bond donors (Lipinski definition) is 2. The Bertz CT molecular complexity index is 132. The van der Waals surface area contributed by atoms with E-state index in [1.54, 1.807) is 0 Å². The minimum absolute atomic E-state index is 0.581. The fraction of sp³-hybridized carbons (Fsp3) is 1.00. The first kappa shape index (κ1) is 12.0. The molecule has 0 aromatic carbocycles. The van der Waals surface area contributed by atoms with Gasteiger partial charge in [-0.05, 0) is 18.8 Å². The van der Waals surface area contributed by atoms with E-state index in [9.17, 15) is 0 Å². The van der Waals surface area contributed by atoms with Crippen LogP contribution in [-0.2, 0) is 0 Å². The largest absolute Gasteiger partial charge is 0.271 e. The number of nitrogens with two attached hydrogens (primary N) is 1. The Kier molecular flexibility index (Phi) is 6.20. The van der Waals surface area contributed by atoms with Crippen LogP contribution in [-0.4, -0.2) is 6.04 Å². The predicted molar refractivity (Wildman–Crippen MR) is 61.8 cm³/mol. The van der Waals surface area contributed by atoms with Gasteiger partial charge < -0.3 is 0 Å². The summed E-state index contributed by atoms with van der Waals surface area (Å²) in [5, 5.41) is 0. The topological polar surface area (TPSA) is 38.0 Å². The maximum atomic E-state index is 5.56. The van der Waals surface area contributed by atoms with Crippen LogP contribution >= 0.6 is 0 Å². The molecule has 0 amide bonds. The van der Waals surface area contributed by atoms with E-state index < -0.39 is 0 Å².